The van der Waals surface area contributed by atoms with Crippen LogP contribution in [0, 0.1) is 17.9 Å². The van der Waals surface area contributed by atoms with Crippen LogP contribution in [0.2, 0.25) is 0 Å². The molecule has 1 aromatic carbocycles. The summed E-state index contributed by atoms with van der Waals surface area (Å²) in [6.07, 6.45) is 0. The fraction of sp³-hybridized carbons (Fsp3) is 0.556. The van der Waals surface area contributed by atoms with Crippen LogP contribution < -0.4 is 0 Å². The van der Waals surface area contributed by atoms with Gasteiger partial charge in [0.25, 0.3) is 0 Å². The molecule has 0 fully saturated rings. The summed E-state index contributed by atoms with van der Waals surface area (Å²) >= 11 is 0. The molecule has 1 unspecified atom stereocenters. The van der Waals surface area contributed by atoms with Gasteiger partial charge in [0, 0.05) is 18.8 Å². The van der Waals surface area contributed by atoms with Crippen LogP contribution in [0.3, 0.4) is 0 Å². The summed E-state index contributed by atoms with van der Waals surface area (Å²) < 4.78 is 27.9. The van der Waals surface area contributed by atoms with Crippen molar-refractivity contribution in [1.29, 1.82) is 5.26 Å². The Morgan fingerprint density at radius 1 is 1.07 bits per heavy atom. The van der Waals surface area contributed by atoms with E-state index in [9.17, 15) is 5.26 Å². The van der Waals surface area contributed by atoms with Gasteiger partial charge in [-0.25, -0.2) is 4.85 Å². The van der Waals surface area contributed by atoms with Crippen LogP contribution in [0.1, 0.15) is 44.4 Å². The maximum Gasteiger partial charge on any atom is 0.332 e. The second-order valence-electron chi connectivity index (χ2n) is 5.12. The summed E-state index contributed by atoms with van der Waals surface area (Å²) in [7, 11) is 1.00. The van der Waals surface area contributed by atoms with Gasteiger partial charge in [-0.05, 0) is 45.4 Å². The highest BCUT2D eigenvalue weighted by Crippen LogP contribution is 2.43. The minimum Gasteiger partial charge on any atom is -0.412 e. The van der Waals surface area contributed by atoms with Gasteiger partial charge in [0.15, 0.2) is 11.2 Å². The maximum absolute atomic E-state index is 9.58. The second kappa shape index (κ2) is 13.9. The van der Waals surface area contributed by atoms with Crippen LogP contribution in [-0.2, 0) is 35.2 Å². The van der Waals surface area contributed by atoms with Gasteiger partial charge in [-0.15, -0.1) is 0 Å². The van der Waals surface area contributed by atoms with Gasteiger partial charge >= 0.3 is 8.60 Å². The average molecular weight is 430 g/mol. The SMILES string of the molecule is O.[C-]#[N+]c1cc(COP(OCC)OCC)c(C#N)cc1C(P)(OCC)OCC. The topological polar surface area (TPSA) is 106 Å². The van der Waals surface area contributed by atoms with E-state index in [2.05, 4.69) is 20.2 Å². The highest BCUT2D eigenvalue weighted by molar-refractivity contribution is 7.41. The van der Waals surface area contributed by atoms with E-state index in [0.717, 1.165) is 0 Å². The van der Waals surface area contributed by atoms with Crippen molar-refractivity contribution < 1.29 is 28.5 Å². The first-order chi connectivity index (χ1) is 13.0. The molecular weight excluding hydrogens is 402 g/mol. The minimum atomic E-state index is -1.50. The number of nitrogens with zero attached hydrogens (tertiary/aromatic N) is 2. The second-order valence-corrected chi connectivity index (χ2v) is 7.10. The van der Waals surface area contributed by atoms with Crippen molar-refractivity contribution in [3.05, 3.63) is 40.2 Å². The number of hydrogen-bond donors (Lipinski definition) is 0. The van der Waals surface area contributed by atoms with Gasteiger partial charge < -0.3 is 28.5 Å². The molecule has 2 N–H and O–H groups in total. The zero-order chi connectivity index (χ0) is 20.3. The van der Waals surface area contributed by atoms with E-state index in [0.29, 0.717) is 48.8 Å². The molecular formula is C18H28N2O6P2. The van der Waals surface area contributed by atoms with Crippen LogP contribution in [0.4, 0.5) is 5.69 Å². The molecule has 0 saturated heterocycles. The highest BCUT2D eigenvalue weighted by Gasteiger charge is 2.32. The largest absolute Gasteiger partial charge is 0.412 e. The van der Waals surface area contributed by atoms with Crippen LogP contribution in [0.15, 0.2) is 12.1 Å². The summed E-state index contributed by atoms with van der Waals surface area (Å²) in [6, 6.07) is 5.40. The first-order valence-electron chi connectivity index (χ1n) is 8.70. The molecule has 0 aliphatic heterocycles. The summed E-state index contributed by atoms with van der Waals surface area (Å²) in [4.78, 5) is 3.59. The molecule has 0 aliphatic carbocycles. The van der Waals surface area contributed by atoms with Crippen molar-refractivity contribution in [1.82, 2.24) is 0 Å². The fourth-order valence-corrected chi connectivity index (χ4v) is 3.75. The monoisotopic (exact) mass is 430 g/mol. The number of hydrogen-bond acceptors (Lipinski definition) is 6. The van der Waals surface area contributed by atoms with Gasteiger partial charge in [0.2, 0.25) is 0 Å². The van der Waals surface area contributed by atoms with Crippen LogP contribution in [0.5, 0.6) is 0 Å². The fourth-order valence-electron chi connectivity index (χ4n) is 2.30. The summed E-state index contributed by atoms with van der Waals surface area (Å²) in [5.41, 5.74) is 0.605. The third kappa shape index (κ3) is 7.33. The molecule has 0 bridgehead atoms. The first kappa shape index (κ1) is 26.8. The van der Waals surface area contributed by atoms with Crippen molar-refractivity contribution in [3.63, 3.8) is 0 Å². The van der Waals surface area contributed by atoms with Crippen LogP contribution in [-0.4, -0.2) is 31.9 Å². The third-order valence-corrected chi connectivity index (χ3v) is 5.27. The van der Waals surface area contributed by atoms with Crippen molar-refractivity contribution in [3.8, 4) is 6.07 Å². The van der Waals surface area contributed by atoms with Crippen LogP contribution >= 0.6 is 17.8 Å². The van der Waals surface area contributed by atoms with Gasteiger partial charge in [-0.2, -0.15) is 5.26 Å². The Hall–Kier alpha value is -1.18. The molecule has 8 nitrogen and oxygen atoms in total. The molecule has 0 saturated carbocycles. The third-order valence-electron chi connectivity index (χ3n) is 3.35. The summed E-state index contributed by atoms with van der Waals surface area (Å²) in [5, 5.41) is 9.58. The molecule has 0 aromatic heterocycles. The molecule has 0 heterocycles. The average Bonchev–Trinajstić information content (AvgIpc) is 2.66. The number of benzene rings is 1. The summed E-state index contributed by atoms with van der Waals surface area (Å²) in [6.45, 7) is 16.7. The Balaban J connectivity index is 0.00000729. The van der Waals surface area contributed by atoms with E-state index in [4.69, 9.17) is 29.6 Å². The normalized spacial score (nSPS) is 11.0. The van der Waals surface area contributed by atoms with E-state index < -0.39 is 14.1 Å². The Bertz CT molecular complexity index is 678. The molecule has 0 radical (unpaired) electrons. The molecule has 1 rings (SSSR count). The predicted molar refractivity (Wildman–Crippen MR) is 111 cm³/mol. The van der Waals surface area contributed by atoms with Gasteiger partial charge in [-0.3, -0.25) is 0 Å². The van der Waals surface area contributed by atoms with E-state index >= 15 is 0 Å². The quantitative estimate of drug-likeness (QED) is 0.280. The Morgan fingerprint density at radius 3 is 2.07 bits per heavy atom. The Labute approximate surface area is 170 Å². The lowest BCUT2D eigenvalue weighted by Crippen LogP contribution is -2.26. The van der Waals surface area contributed by atoms with E-state index in [1.807, 2.05) is 27.7 Å². The maximum atomic E-state index is 9.58. The molecule has 1 atom stereocenters. The van der Waals surface area contributed by atoms with Crippen molar-refractivity contribution in [2.45, 2.75) is 39.8 Å². The Morgan fingerprint density at radius 2 is 1.64 bits per heavy atom. The lowest BCUT2D eigenvalue weighted by molar-refractivity contribution is -0.173. The van der Waals surface area contributed by atoms with E-state index in [-0.39, 0.29) is 12.1 Å². The molecule has 10 heteroatoms. The van der Waals surface area contributed by atoms with Gasteiger partial charge in [0.05, 0.1) is 38.0 Å². The highest BCUT2D eigenvalue weighted by atomic mass is 31.2. The lowest BCUT2D eigenvalue weighted by Gasteiger charge is -2.31. The predicted octanol–water partition coefficient (Wildman–Crippen LogP) is 4.16. The first-order valence-corrected chi connectivity index (χ1v) is 10.4. The molecule has 28 heavy (non-hydrogen) atoms. The smallest absolute Gasteiger partial charge is 0.332 e. The zero-order valence-electron chi connectivity index (χ0n) is 16.7. The molecule has 156 valence electrons. The molecule has 0 aliphatic rings. The Kier molecular flexibility index (Phi) is 13.3. The van der Waals surface area contributed by atoms with E-state index in [1.54, 1.807) is 12.1 Å². The lowest BCUT2D eigenvalue weighted by atomic mass is 10.0. The minimum absolute atomic E-state index is 0. The molecule has 0 spiro atoms. The van der Waals surface area contributed by atoms with Gasteiger partial charge in [0.1, 0.15) is 0 Å². The molecule has 1 aromatic rings. The van der Waals surface area contributed by atoms with Crippen molar-refractivity contribution in [2.24, 2.45) is 0 Å². The summed E-state index contributed by atoms with van der Waals surface area (Å²) in [5.74, 6) is 0. The van der Waals surface area contributed by atoms with Crippen molar-refractivity contribution >= 4 is 23.5 Å². The standard InChI is InChI=1S/C18H26N2O5P2.H2O/c1-6-21-18(26,22-7-2)16-10-14(12-19)15(11-17(16)20-5)13-25-27(23-8-3)24-9-4;/h10-11H,6-9,13,26H2,1-4H3;1H2. The molecule has 0 amide bonds. The van der Waals surface area contributed by atoms with E-state index in [1.165, 1.54) is 0 Å². The van der Waals surface area contributed by atoms with Gasteiger partial charge in [-0.1, -0.05) is 9.24 Å². The van der Waals surface area contributed by atoms with Crippen LogP contribution in [0.25, 0.3) is 4.85 Å². The number of nitriles is 1. The van der Waals surface area contributed by atoms with Crippen molar-refractivity contribution in [2.75, 3.05) is 26.4 Å². The number of rotatable bonds is 12. The number of ether oxygens (including phenoxy) is 2. The zero-order valence-corrected chi connectivity index (χ0v) is 18.7.